The van der Waals surface area contributed by atoms with Crippen molar-refractivity contribution in [1.82, 2.24) is 29.1 Å². The minimum atomic E-state index is -3.03. The van der Waals surface area contributed by atoms with E-state index < -0.39 is 29.7 Å². The third-order valence-electron chi connectivity index (χ3n) is 7.11. The van der Waals surface area contributed by atoms with E-state index >= 15 is 4.39 Å². The Balaban J connectivity index is 1.64. The van der Waals surface area contributed by atoms with E-state index in [-0.39, 0.29) is 42.5 Å². The molecule has 1 aliphatic rings. The molecule has 4 heterocycles. The first-order valence-corrected chi connectivity index (χ1v) is 12.0. The zero-order valence-electron chi connectivity index (χ0n) is 21.2. The van der Waals surface area contributed by atoms with E-state index in [1.807, 2.05) is 0 Å². The van der Waals surface area contributed by atoms with Crippen molar-refractivity contribution in [3.8, 4) is 17.1 Å². The number of nitrogens with two attached hydrogens (primary N) is 2. The van der Waals surface area contributed by atoms with E-state index in [9.17, 15) is 18.3 Å². The first-order valence-electron chi connectivity index (χ1n) is 12.0. The molecule has 0 amide bonds. The van der Waals surface area contributed by atoms with Crippen LogP contribution in [0.5, 0.6) is 5.75 Å². The van der Waals surface area contributed by atoms with Crippen molar-refractivity contribution in [2.45, 2.75) is 37.5 Å². The molecule has 15 heteroatoms. The van der Waals surface area contributed by atoms with Gasteiger partial charge in [0.15, 0.2) is 28.8 Å². The maximum absolute atomic E-state index is 15.1. The van der Waals surface area contributed by atoms with E-state index in [1.165, 1.54) is 19.8 Å². The predicted octanol–water partition coefficient (Wildman–Crippen LogP) is 2.07. The highest BCUT2D eigenvalue weighted by molar-refractivity contribution is 5.81. The third-order valence-corrected chi connectivity index (χ3v) is 7.11. The molecule has 1 saturated heterocycles. The van der Waals surface area contributed by atoms with E-state index in [1.54, 1.807) is 21.1 Å². The molecule has 11 nitrogen and oxygen atoms in total. The summed E-state index contributed by atoms with van der Waals surface area (Å²) in [5.41, 5.74) is 11.8. The fourth-order valence-corrected chi connectivity index (χ4v) is 5.01. The number of halogens is 4. The summed E-state index contributed by atoms with van der Waals surface area (Å²) in [6.07, 6.45) is -1.73. The number of aromatic nitrogens is 6. The number of imidazole rings is 2. The van der Waals surface area contributed by atoms with Crippen LogP contribution < -0.4 is 21.1 Å². The summed E-state index contributed by atoms with van der Waals surface area (Å²) in [7, 11) is 2.85. The number of aliphatic hydroxyl groups is 1. The molecule has 4 aromatic rings. The van der Waals surface area contributed by atoms with Crippen LogP contribution in [0, 0.1) is 11.6 Å². The maximum Gasteiger partial charge on any atom is 0.265 e. The number of hydrogen-bond donors (Lipinski definition) is 3. The lowest BCUT2D eigenvalue weighted by atomic mass is 9.84. The van der Waals surface area contributed by atoms with Gasteiger partial charge in [-0.1, -0.05) is 0 Å². The van der Waals surface area contributed by atoms with Gasteiger partial charge in [0, 0.05) is 26.2 Å². The number of anilines is 2. The molecule has 0 spiro atoms. The smallest absolute Gasteiger partial charge is 0.265 e. The normalized spacial score (nSPS) is 18.7. The zero-order chi connectivity index (χ0) is 28.1. The van der Waals surface area contributed by atoms with Gasteiger partial charge in [-0.05, 0) is 18.9 Å². The summed E-state index contributed by atoms with van der Waals surface area (Å²) < 4.78 is 64.7. The van der Waals surface area contributed by atoms with Gasteiger partial charge >= 0.3 is 0 Å². The molecule has 2 atom stereocenters. The average Bonchev–Trinajstić information content (AvgIpc) is 3.47. The summed E-state index contributed by atoms with van der Waals surface area (Å²) >= 11 is 0. The number of fused-ring (bicyclic) bond motifs is 1. The Morgan fingerprint density at radius 1 is 1.18 bits per heavy atom. The van der Waals surface area contributed by atoms with E-state index in [4.69, 9.17) is 16.2 Å². The number of rotatable bonds is 7. The molecule has 1 fully saturated rings. The molecule has 0 radical (unpaired) electrons. The van der Waals surface area contributed by atoms with E-state index in [0.717, 1.165) is 12.1 Å². The molecule has 208 valence electrons. The quantitative estimate of drug-likeness (QED) is 0.295. The topological polar surface area (TPSA) is 146 Å². The van der Waals surface area contributed by atoms with Gasteiger partial charge in [0.2, 0.25) is 0 Å². The number of alkyl halides is 2. The molecule has 5 N–H and O–H groups in total. The molecule has 0 saturated carbocycles. The Morgan fingerprint density at radius 2 is 1.95 bits per heavy atom. The molecular weight excluding hydrogens is 522 g/mol. The second-order valence-corrected chi connectivity index (χ2v) is 9.57. The van der Waals surface area contributed by atoms with Crippen LogP contribution in [0.2, 0.25) is 0 Å². The second-order valence-electron chi connectivity index (χ2n) is 9.57. The monoisotopic (exact) mass is 549 g/mol. The predicted molar refractivity (Wildman–Crippen MR) is 134 cm³/mol. The van der Waals surface area contributed by atoms with Crippen LogP contribution in [0.15, 0.2) is 24.8 Å². The number of piperidine rings is 1. The van der Waals surface area contributed by atoms with Crippen LogP contribution in [0.4, 0.5) is 29.2 Å². The lowest BCUT2D eigenvalue weighted by Crippen LogP contribution is -2.63. The van der Waals surface area contributed by atoms with Crippen molar-refractivity contribution in [3.63, 3.8) is 0 Å². The summed E-state index contributed by atoms with van der Waals surface area (Å²) in [6, 6.07) is 1.90. The lowest BCUT2D eigenvalue weighted by molar-refractivity contribution is -0.0529. The Kier molecular flexibility index (Phi) is 6.80. The van der Waals surface area contributed by atoms with E-state index in [2.05, 4.69) is 19.9 Å². The first kappa shape index (κ1) is 26.6. The number of ether oxygens (including phenoxy) is 1. The fourth-order valence-electron chi connectivity index (χ4n) is 5.01. The summed E-state index contributed by atoms with van der Waals surface area (Å²) in [5.74, 6) is -1.24. The van der Waals surface area contributed by atoms with Crippen LogP contribution in [-0.2, 0) is 13.6 Å². The number of hydrogen-bond acceptors (Lipinski definition) is 9. The highest BCUT2D eigenvalue weighted by Crippen LogP contribution is 2.35. The highest BCUT2D eigenvalue weighted by Gasteiger charge is 2.44. The number of aliphatic hydroxyl groups excluding tert-OH is 1. The lowest BCUT2D eigenvalue weighted by Gasteiger charge is -2.43. The minimum Gasteiger partial charge on any atom is -0.494 e. The van der Waals surface area contributed by atoms with Crippen molar-refractivity contribution < 1.29 is 27.4 Å². The molecule has 3 aromatic heterocycles. The molecule has 39 heavy (non-hydrogen) atoms. The van der Waals surface area contributed by atoms with Gasteiger partial charge in [-0.25, -0.2) is 37.5 Å². The highest BCUT2D eigenvalue weighted by atomic mass is 19.3. The van der Waals surface area contributed by atoms with Gasteiger partial charge < -0.3 is 35.3 Å². The fraction of sp³-hybridized carbons (Fsp3) is 0.417. The first-order chi connectivity index (χ1) is 18.5. The van der Waals surface area contributed by atoms with Crippen LogP contribution in [0.3, 0.4) is 0 Å². The van der Waals surface area contributed by atoms with Crippen molar-refractivity contribution >= 4 is 22.8 Å². The Hall–Kier alpha value is -3.98. The van der Waals surface area contributed by atoms with Gasteiger partial charge in [0.25, 0.3) is 6.43 Å². The molecule has 5 rings (SSSR count). The second kappa shape index (κ2) is 9.96. The van der Waals surface area contributed by atoms with Crippen LogP contribution >= 0.6 is 0 Å². The summed E-state index contributed by atoms with van der Waals surface area (Å²) in [6.45, 7) is 0.357. The Bertz CT molecular complexity index is 1530. The van der Waals surface area contributed by atoms with Gasteiger partial charge in [0.05, 0.1) is 36.8 Å². The molecular formula is C24H27F4N9O2. The molecule has 1 aromatic carbocycles. The largest absolute Gasteiger partial charge is 0.494 e. The van der Waals surface area contributed by atoms with Crippen LogP contribution in [-0.4, -0.2) is 72.4 Å². The summed E-state index contributed by atoms with van der Waals surface area (Å²) in [4.78, 5) is 18.8. The number of nitrogens with zero attached hydrogens (tertiary/aromatic N) is 7. The van der Waals surface area contributed by atoms with Crippen molar-refractivity contribution in [3.05, 3.63) is 42.1 Å². The molecule has 1 aliphatic heterocycles. The van der Waals surface area contributed by atoms with Crippen molar-refractivity contribution in [2.75, 3.05) is 30.8 Å². The maximum atomic E-state index is 15.1. The van der Waals surface area contributed by atoms with E-state index in [0.29, 0.717) is 35.6 Å². The van der Waals surface area contributed by atoms with Crippen LogP contribution in [0.1, 0.15) is 18.5 Å². The average molecular weight is 550 g/mol. The standard InChI is InChI=1S/C24H27F4N9O2/c1-35-15(8-37-11-33-17-20(29)31-10-32-23(17)37)22(36-5-3-4-24(30,9-36)18(38)19(27)28)34-21(35)12-6-14(26)16(39-2)7-13(12)25/h6-7,10-11,18-19,38H,3-5,8-9,30H2,1-2H3,(H2,29,31,32)/t18-,24-/m1/s1. The molecule has 0 aliphatic carbocycles. The SMILES string of the molecule is COc1cc(F)c(-c2nc(N3CCC[C@](N)([C@H](O)C(F)F)C3)c(Cn3cnc4c(N)ncnc43)n2C)cc1F. The van der Waals surface area contributed by atoms with Crippen LogP contribution in [0.25, 0.3) is 22.6 Å². The van der Waals surface area contributed by atoms with Gasteiger partial charge in [0.1, 0.15) is 29.6 Å². The number of nitrogen functional groups attached to an aromatic ring is 1. The summed E-state index contributed by atoms with van der Waals surface area (Å²) in [5, 5.41) is 10.2. The Labute approximate surface area is 220 Å². The van der Waals surface area contributed by atoms with Crippen molar-refractivity contribution in [1.29, 1.82) is 0 Å². The van der Waals surface area contributed by atoms with Gasteiger partial charge in [-0.15, -0.1) is 0 Å². The van der Waals surface area contributed by atoms with Gasteiger partial charge in [-0.2, -0.15) is 0 Å². The van der Waals surface area contributed by atoms with Gasteiger partial charge in [-0.3, -0.25) is 0 Å². The number of methoxy groups -OCH3 is 1. The molecule has 0 bridgehead atoms. The zero-order valence-corrected chi connectivity index (χ0v) is 21.2. The van der Waals surface area contributed by atoms with Crippen molar-refractivity contribution in [2.24, 2.45) is 12.8 Å². The molecule has 0 unspecified atom stereocenters. The third kappa shape index (κ3) is 4.61. The minimum absolute atomic E-state index is 0.0835. The Morgan fingerprint density at radius 3 is 2.67 bits per heavy atom. The number of benzene rings is 1.